The molecule has 3 aliphatic rings. The Morgan fingerprint density at radius 1 is 0.700 bits per heavy atom. The number of nitrogens with one attached hydrogen (secondary N) is 1. The Kier molecular flexibility index (Phi) is 10.7. The summed E-state index contributed by atoms with van der Waals surface area (Å²) in [5, 5.41) is 93.1. The quantitative estimate of drug-likeness (QED) is 0.120. The second-order valence-electron chi connectivity index (χ2n) is 9.36. The minimum Gasteiger partial charge on any atom is -0.479 e. The SMILES string of the molecule is CO[C@@H]1O[C@H](C(=O)O)[C@@H](O[C@H]2O[C@H](CO)[C@@H](O[C@@H]3O[C@H](C(=O)O)[C@@H](O)[C@H](O)[C@H]3O)[C@H](O)[C@H]2NC(C)=O)[C@H](O)[C@H]1O. The molecule has 0 radical (unpaired) electrons. The zero-order chi connectivity index (χ0) is 30.0. The van der Waals surface area contributed by atoms with Crippen molar-refractivity contribution in [3.8, 4) is 0 Å². The molecule has 3 rings (SSSR count). The maximum absolute atomic E-state index is 11.9. The van der Waals surface area contributed by atoms with E-state index in [1.54, 1.807) is 0 Å². The molecule has 15 atom stereocenters. The lowest BCUT2D eigenvalue weighted by molar-refractivity contribution is -0.361. The molecule has 10 N–H and O–H groups in total. The van der Waals surface area contributed by atoms with E-state index in [1.807, 2.05) is 0 Å². The first-order valence-corrected chi connectivity index (χ1v) is 12.0. The highest BCUT2D eigenvalue weighted by Crippen LogP contribution is 2.32. The molecule has 0 spiro atoms. The van der Waals surface area contributed by atoms with Gasteiger partial charge >= 0.3 is 11.9 Å². The van der Waals surface area contributed by atoms with Crippen LogP contribution in [0.4, 0.5) is 0 Å². The van der Waals surface area contributed by atoms with Crippen molar-refractivity contribution in [2.24, 2.45) is 0 Å². The van der Waals surface area contributed by atoms with E-state index in [-0.39, 0.29) is 0 Å². The molecule has 1 amide bonds. The number of aliphatic carboxylic acids is 2. The summed E-state index contributed by atoms with van der Waals surface area (Å²) in [6.07, 6.45) is -26.3. The van der Waals surface area contributed by atoms with Gasteiger partial charge in [0.05, 0.1) is 6.61 Å². The molecule has 3 saturated heterocycles. The Hall–Kier alpha value is -2.11. The van der Waals surface area contributed by atoms with Crippen LogP contribution >= 0.6 is 0 Å². The average molecular weight is 587 g/mol. The number of aliphatic hydroxyl groups is 7. The van der Waals surface area contributed by atoms with E-state index in [2.05, 4.69) is 5.32 Å². The Labute approximate surface area is 225 Å². The van der Waals surface area contributed by atoms with Crippen LogP contribution in [0.15, 0.2) is 0 Å². The number of carboxylic acids is 2. The van der Waals surface area contributed by atoms with Gasteiger partial charge in [-0.3, -0.25) is 4.79 Å². The van der Waals surface area contributed by atoms with Crippen LogP contribution < -0.4 is 5.32 Å². The molecule has 19 heteroatoms. The second-order valence-corrected chi connectivity index (χ2v) is 9.36. The molecular weight excluding hydrogens is 554 g/mol. The first kappa shape index (κ1) is 32.4. The van der Waals surface area contributed by atoms with Crippen molar-refractivity contribution in [1.82, 2.24) is 5.32 Å². The normalized spacial score (nSPS) is 46.0. The predicted molar refractivity (Wildman–Crippen MR) is 119 cm³/mol. The maximum Gasteiger partial charge on any atom is 0.335 e. The number of carboxylic acid groups (broad SMARTS) is 2. The number of carbonyl (C=O) groups excluding carboxylic acids is 1. The summed E-state index contributed by atoms with van der Waals surface area (Å²) in [5.74, 6) is -4.12. The molecule has 0 saturated carbocycles. The van der Waals surface area contributed by atoms with Gasteiger partial charge in [-0.1, -0.05) is 0 Å². The summed E-state index contributed by atoms with van der Waals surface area (Å²) in [6, 6.07) is -1.63. The smallest absolute Gasteiger partial charge is 0.335 e. The van der Waals surface area contributed by atoms with Crippen molar-refractivity contribution in [1.29, 1.82) is 0 Å². The van der Waals surface area contributed by atoms with Gasteiger partial charge in [0.2, 0.25) is 5.91 Å². The fourth-order valence-corrected chi connectivity index (χ4v) is 4.60. The molecule has 0 unspecified atom stereocenters. The summed E-state index contributed by atoms with van der Waals surface area (Å²) in [6.45, 7) is 0.0950. The van der Waals surface area contributed by atoms with Crippen molar-refractivity contribution in [2.75, 3.05) is 13.7 Å². The lowest BCUT2D eigenvalue weighted by Gasteiger charge is -2.48. The maximum atomic E-state index is 11.9. The topological polar surface area (TPSA) is 301 Å². The lowest BCUT2D eigenvalue weighted by atomic mass is 9.94. The Morgan fingerprint density at radius 3 is 1.77 bits per heavy atom. The number of aliphatic hydroxyl groups excluding tert-OH is 7. The second kappa shape index (κ2) is 13.2. The van der Waals surface area contributed by atoms with Crippen LogP contribution in [0.5, 0.6) is 0 Å². The number of hydrogen-bond donors (Lipinski definition) is 10. The van der Waals surface area contributed by atoms with Crippen molar-refractivity contribution < 1.29 is 88.8 Å². The molecule has 0 aliphatic carbocycles. The number of rotatable bonds is 9. The van der Waals surface area contributed by atoms with Gasteiger partial charge in [0.1, 0.15) is 61.0 Å². The van der Waals surface area contributed by atoms with Gasteiger partial charge < -0.3 is 79.7 Å². The number of carbonyl (C=O) groups is 3. The van der Waals surface area contributed by atoms with Crippen molar-refractivity contribution in [3.63, 3.8) is 0 Å². The summed E-state index contributed by atoms with van der Waals surface area (Å²) >= 11 is 0. The molecular formula is C21H33NO18. The average Bonchev–Trinajstić information content (AvgIpc) is 2.89. The Morgan fingerprint density at radius 2 is 1.25 bits per heavy atom. The minimum atomic E-state index is -2.06. The lowest BCUT2D eigenvalue weighted by Crippen LogP contribution is -2.69. The molecule has 0 bridgehead atoms. The molecule has 19 nitrogen and oxygen atoms in total. The van der Waals surface area contributed by atoms with Gasteiger partial charge in [0.15, 0.2) is 31.1 Å². The molecule has 0 aromatic carbocycles. The fourth-order valence-electron chi connectivity index (χ4n) is 4.60. The molecule has 0 aromatic heterocycles. The van der Waals surface area contributed by atoms with Crippen LogP contribution in [0.25, 0.3) is 0 Å². The zero-order valence-corrected chi connectivity index (χ0v) is 21.1. The molecule has 0 aromatic rings. The van der Waals surface area contributed by atoms with Crippen LogP contribution in [0.3, 0.4) is 0 Å². The van der Waals surface area contributed by atoms with Gasteiger partial charge in [0, 0.05) is 14.0 Å². The van der Waals surface area contributed by atoms with Gasteiger partial charge in [-0.05, 0) is 0 Å². The largest absolute Gasteiger partial charge is 0.479 e. The molecule has 3 aliphatic heterocycles. The fraction of sp³-hybridized carbons (Fsp3) is 0.857. The molecule has 40 heavy (non-hydrogen) atoms. The first-order chi connectivity index (χ1) is 18.7. The van der Waals surface area contributed by atoms with E-state index >= 15 is 0 Å². The highest BCUT2D eigenvalue weighted by atomic mass is 16.8. The predicted octanol–water partition coefficient (Wildman–Crippen LogP) is -6.59. The van der Waals surface area contributed by atoms with Crippen LogP contribution in [0, 0.1) is 0 Å². The van der Waals surface area contributed by atoms with Crippen molar-refractivity contribution in [3.05, 3.63) is 0 Å². The standard InChI is InChI=1S/C21H33NO18/c1-4(24)22-6-7(25)13(37-21-11(29)8(26)9(27)15(39-21)17(31)32)5(3-23)36-19(6)38-14-10(28)12(30)20(35-2)40-16(14)18(33)34/h5-16,19-21,23,25-30H,3H2,1-2H3,(H,22,24)(H,31,32)(H,33,34)/t5-,6-,7-,8+,9+,10-,11-,12-,13-,14+,15+,16+,19-,20-,21-/m1/s1. The summed E-state index contributed by atoms with van der Waals surface area (Å²) in [5.41, 5.74) is 0. The molecule has 230 valence electrons. The van der Waals surface area contributed by atoms with Crippen LogP contribution in [-0.4, -0.2) is 170 Å². The number of hydrogen-bond acceptors (Lipinski definition) is 16. The third-order valence-corrected chi connectivity index (χ3v) is 6.64. The third-order valence-electron chi connectivity index (χ3n) is 6.64. The van der Waals surface area contributed by atoms with E-state index in [1.165, 1.54) is 0 Å². The van der Waals surface area contributed by atoms with E-state index in [0.717, 1.165) is 14.0 Å². The number of amides is 1. The van der Waals surface area contributed by atoms with E-state index < -0.39 is 117 Å². The summed E-state index contributed by atoms with van der Waals surface area (Å²) in [7, 11) is 1.09. The monoisotopic (exact) mass is 587 g/mol. The first-order valence-electron chi connectivity index (χ1n) is 12.0. The zero-order valence-electron chi connectivity index (χ0n) is 21.1. The van der Waals surface area contributed by atoms with E-state index in [9.17, 15) is 60.3 Å². The van der Waals surface area contributed by atoms with Gasteiger partial charge in [-0.15, -0.1) is 0 Å². The third kappa shape index (κ3) is 6.51. The summed E-state index contributed by atoms with van der Waals surface area (Å²) in [4.78, 5) is 35.1. The van der Waals surface area contributed by atoms with Crippen LogP contribution in [0.2, 0.25) is 0 Å². The van der Waals surface area contributed by atoms with E-state index in [0.29, 0.717) is 0 Å². The summed E-state index contributed by atoms with van der Waals surface area (Å²) < 4.78 is 31.6. The molecule has 3 heterocycles. The Balaban J connectivity index is 1.87. The van der Waals surface area contributed by atoms with Crippen LogP contribution in [0.1, 0.15) is 6.92 Å². The minimum absolute atomic E-state index is 0.768. The number of ether oxygens (including phenoxy) is 6. The van der Waals surface area contributed by atoms with Gasteiger partial charge in [0.25, 0.3) is 0 Å². The van der Waals surface area contributed by atoms with Gasteiger partial charge in [-0.2, -0.15) is 0 Å². The van der Waals surface area contributed by atoms with Crippen molar-refractivity contribution >= 4 is 17.8 Å². The molecule has 3 fully saturated rings. The van der Waals surface area contributed by atoms with E-state index in [4.69, 9.17) is 28.4 Å². The van der Waals surface area contributed by atoms with Crippen molar-refractivity contribution in [2.45, 2.75) is 99.0 Å². The highest BCUT2D eigenvalue weighted by Gasteiger charge is 2.55. The van der Waals surface area contributed by atoms with Gasteiger partial charge in [-0.25, -0.2) is 9.59 Å². The highest BCUT2D eigenvalue weighted by molar-refractivity contribution is 5.74. The number of methoxy groups -OCH3 is 1. The van der Waals surface area contributed by atoms with Crippen LogP contribution in [-0.2, 0) is 42.8 Å². The Bertz CT molecular complexity index is 907.